The minimum Gasteiger partial charge on any atom is -0.348 e. The van der Waals surface area contributed by atoms with Gasteiger partial charge in [-0.15, -0.1) is 0 Å². The van der Waals surface area contributed by atoms with Crippen LogP contribution in [0, 0.1) is 0 Å². The first kappa shape index (κ1) is 9.77. The largest absolute Gasteiger partial charge is 0.348 e. The van der Waals surface area contributed by atoms with Crippen LogP contribution in [0.1, 0.15) is 13.3 Å². The highest BCUT2D eigenvalue weighted by Crippen LogP contribution is 2.08. The fourth-order valence-electron chi connectivity index (χ4n) is 1.42. The summed E-state index contributed by atoms with van der Waals surface area (Å²) in [6, 6.07) is 0.0920. The van der Waals surface area contributed by atoms with Gasteiger partial charge in [-0.1, -0.05) is 6.58 Å². The Balaban J connectivity index is 2.37. The molecule has 1 unspecified atom stereocenters. The van der Waals surface area contributed by atoms with Crippen molar-refractivity contribution in [2.24, 2.45) is 0 Å². The van der Waals surface area contributed by atoms with E-state index in [-0.39, 0.29) is 17.9 Å². The average molecular weight is 182 g/mol. The summed E-state index contributed by atoms with van der Waals surface area (Å²) in [5.41, 5.74) is 0. The lowest BCUT2D eigenvalue weighted by atomic mass is 10.2. The second-order valence-corrected chi connectivity index (χ2v) is 3.16. The second kappa shape index (κ2) is 4.07. The Morgan fingerprint density at radius 3 is 2.77 bits per heavy atom. The smallest absolute Gasteiger partial charge is 0.243 e. The molecule has 13 heavy (non-hydrogen) atoms. The van der Waals surface area contributed by atoms with Gasteiger partial charge in [0.15, 0.2) is 0 Å². The zero-order chi connectivity index (χ0) is 9.84. The van der Waals surface area contributed by atoms with Gasteiger partial charge < -0.3 is 10.2 Å². The molecule has 0 spiro atoms. The molecule has 0 aromatic heterocycles. The standard InChI is InChI=1S/C9H14N2O2/c1-3-9(13)10-8-4-5-11(6-8)7(2)12/h3,8H,1,4-6H2,2H3,(H,10,13). The van der Waals surface area contributed by atoms with E-state index in [9.17, 15) is 9.59 Å². The van der Waals surface area contributed by atoms with E-state index >= 15 is 0 Å². The van der Waals surface area contributed by atoms with Crippen LogP contribution in [0.2, 0.25) is 0 Å². The van der Waals surface area contributed by atoms with Crippen molar-refractivity contribution in [2.75, 3.05) is 13.1 Å². The first-order valence-electron chi connectivity index (χ1n) is 4.32. The summed E-state index contributed by atoms with van der Waals surface area (Å²) in [6.45, 7) is 6.26. The summed E-state index contributed by atoms with van der Waals surface area (Å²) >= 11 is 0. The molecule has 0 aromatic rings. The molecule has 1 fully saturated rings. The van der Waals surface area contributed by atoms with E-state index in [2.05, 4.69) is 11.9 Å². The summed E-state index contributed by atoms with van der Waals surface area (Å²) in [4.78, 5) is 23.6. The van der Waals surface area contributed by atoms with Crippen molar-refractivity contribution >= 4 is 11.8 Å². The van der Waals surface area contributed by atoms with Crippen LogP contribution in [0.15, 0.2) is 12.7 Å². The predicted octanol–water partition coefficient (Wildman–Crippen LogP) is -0.0906. The van der Waals surface area contributed by atoms with Crippen molar-refractivity contribution in [1.82, 2.24) is 10.2 Å². The maximum atomic E-state index is 10.9. The maximum absolute atomic E-state index is 10.9. The topological polar surface area (TPSA) is 49.4 Å². The van der Waals surface area contributed by atoms with Gasteiger partial charge in [0, 0.05) is 26.1 Å². The number of hydrogen-bond donors (Lipinski definition) is 1. The zero-order valence-electron chi connectivity index (χ0n) is 7.75. The van der Waals surface area contributed by atoms with Crippen molar-refractivity contribution in [3.05, 3.63) is 12.7 Å². The molecule has 72 valence electrons. The first-order valence-corrected chi connectivity index (χ1v) is 4.32. The molecule has 4 heteroatoms. The van der Waals surface area contributed by atoms with E-state index in [1.54, 1.807) is 4.90 Å². The Hall–Kier alpha value is -1.32. The van der Waals surface area contributed by atoms with Crippen molar-refractivity contribution in [1.29, 1.82) is 0 Å². The van der Waals surface area contributed by atoms with Gasteiger partial charge in [-0.25, -0.2) is 0 Å². The molecular weight excluding hydrogens is 168 g/mol. The summed E-state index contributed by atoms with van der Waals surface area (Å²) in [7, 11) is 0. The Bertz CT molecular complexity index is 238. The number of carbonyl (C=O) groups is 2. The SMILES string of the molecule is C=CC(=O)NC1CCN(C(C)=O)C1. The summed E-state index contributed by atoms with van der Waals surface area (Å²) in [5.74, 6) is -0.106. The summed E-state index contributed by atoms with van der Waals surface area (Å²) < 4.78 is 0. The zero-order valence-corrected chi connectivity index (χ0v) is 7.75. The molecule has 0 aliphatic carbocycles. The maximum Gasteiger partial charge on any atom is 0.243 e. The van der Waals surface area contributed by atoms with Crippen LogP contribution in [0.5, 0.6) is 0 Å². The number of rotatable bonds is 2. The van der Waals surface area contributed by atoms with E-state index in [0.29, 0.717) is 6.54 Å². The Morgan fingerprint density at radius 2 is 2.31 bits per heavy atom. The van der Waals surface area contributed by atoms with Gasteiger partial charge in [0.1, 0.15) is 0 Å². The second-order valence-electron chi connectivity index (χ2n) is 3.16. The monoisotopic (exact) mass is 182 g/mol. The molecule has 1 atom stereocenters. The van der Waals surface area contributed by atoms with Gasteiger partial charge in [0.25, 0.3) is 0 Å². The lowest BCUT2D eigenvalue weighted by Gasteiger charge is -2.13. The van der Waals surface area contributed by atoms with E-state index in [1.165, 1.54) is 13.0 Å². The van der Waals surface area contributed by atoms with Crippen LogP contribution >= 0.6 is 0 Å². The normalized spacial score (nSPS) is 21.3. The number of amides is 2. The van der Waals surface area contributed by atoms with Gasteiger partial charge >= 0.3 is 0 Å². The Morgan fingerprint density at radius 1 is 1.62 bits per heavy atom. The van der Waals surface area contributed by atoms with Gasteiger partial charge in [-0.05, 0) is 12.5 Å². The van der Waals surface area contributed by atoms with Crippen molar-refractivity contribution in [2.45, 2.75) is 19.4 Å². The number of likely N-dealkylation sites (tertiary alicyclic amines) is 1. The highest BCUT2D eigenvalue weighted by molar-refractivity contribution is 5.87. The van der Waals surface area contributed by atoms with Crippen LogP contribution in [-0.2, 0) is 9.59 Å². The highest BCUT2D eigenvalue weighted by atomic mass is 16.2. The van der Waals surface area contributed by atoms with Gasteiger partial charge in [-0.2, -0.15) is 0 Å². The van der Waals surface area contributed by atoms with E-state index in [1.807, 2.05) is 0 Å². The number of nitrogens with one attached hydrogen (secondary N) is 1. The van der Waals surface area contributed by atoms with Crippen LogP contribution in [-0.4, -0.2) is 35.8 Å². The Kier molecular flexibility index (Phi) is 3.06. The van der Waals surface area contributed by atoms with Gasteiger partial charge in [-0.3, -0.25) is 9.59 Å². The molecule has 2 amide bonds. The quantitative estimate of drug-likeness (QED) is 0.607. The van der Waals surface area contributed by atoms with Gasteiger partial charge in [0.2, 0.25) is 11.8 Å². The van der Waals surface area contributed by atoms with Crippen molar-refractivity contribution in [3.8, 4) is 0 Å². The lowest BCUT2D eigenvalue weighted by molar-refractivity contribution is -0.128. The van der Waals surface area contributed by atoms with E-state index < -0.39 is 0 Å². The summed E-state index contributed by atoms with van der Waals surface area (Å²) in [5, 5.41) is 2.76. The molecule has 1 N–H and O–H groups in total. The molecular formula is C9H14N2O2. The third-order valence-electron chi connectivity index (χ3n) is 2.17. The van der Waals surface area contributed by atoms with Crippen molar-refractivity contribution < 1.29 is 9.59 Å². The average Bonchev–Trinajstić information content (AvgIpc) is 2.52. The van der Waals surface area contributed by atoms with E-state index in [0.717, 1.165) is 13.0 Å². The van der Waals surface area contributed by atoms with Gasteiger partial charge in [0.05, 0.1) is 0 Å². The third kappa shape index (κ3) is 2.57. The lowest BCUT2D eigenvalue weighted by Crippen LogP contribution is -2.37. The van der Waals surface area contributed by atoms with E-state index in [4.69, 9.17) is 0 Å². The molecule has 0 bridgehead atoms. The summed E-state index contributed by atoms with van der Waals surface area (Å²) in [6.07, 6.45) is 2.08. The van der Waals surface area contributed by atoms with Crippen LogP contribution < -0.4 is 5.32 Å². The third-order valence-corrected chi connectivity index (χ3v) is 2.17. The minimum absolute atomic E-state index is 0.0651. The first-order chi connectivity index (χ1) is 6.13. The minimum atomic E-state index is -0.171. The van der Waals surface area contributed by atoms with Crippen LogP contribution in [0.25, 0.3) is 0 Å². The fourth-order valence-corrected chi connectivity index (χ4v) is 1.42. The molecule has 1 saturated heterocycles. The number of carbonyl (C=O) groups excluding carboxylic acids is 2. The molecule has 1 aliphatic heterocycles. The fraction of sp³-hybridized carbons (Fsp3) is 0.556. The molecule has 0 radical (unpaired) electrons. The molecule has 4 nitrogen and oxygen atoms in total. The predicted molar refractivity (Wildman–Crippen MR) is 49.0 cm³/mol. The van der Waals surface area contributed by atoms with Crippen LogP contribution in [0.4, 0.5) is 0 Å². The number of nitrogens with zero attached hydrogens (tertiary/aromatic N) is 1. The molecule has 1 aliphatic rings. The van der Waals surface area contributed by atoms with Crippen molar-refractivity contribution in [3.63, 3.8) is 0 Å². The highest BCUT2D eigenvalue weighted by Gasteiger charge is 2.24. The molecule has 1 heterocycles. The Labute approximate surface area is 77.6 Å². The van der Waals surface area contributed by atoms with Crippen LogP contribution in [0.3, 0.4) is 0 Å². The number of hydrogen-bond acceptors (Lipinski definition) is 2. The molecule has 0 aromatic carbocycles. The molecule has 0 saturated carbocycles. The molecule has 1 rings (SSSR count).